The summed E-state index contributed by atoms with van der Waals surface area (Å²) in [6, 6.07) is 27.3. The average Bonchev–Trinajstić information content (AvgIpc) is 3.28. The highest BCUT2D eigenvalue weighted by atomic mass is 16.6. The van der Waals surface area contributed by atoms with Crippen molar-refractivity contribution >= 4 is 12.2 Å². The van der Waals surface area contributed by atoms with Gasteiger partial charge < -0.3 is 19.5 Å². The van der Waals surface area contributed by atoms with E-state index in [2.05, 4.69) is 35.7 Å². The van der Waals surface area contributed by atoms with E-state index in [0.29, 0.717) is 0 Å². The monoisotopic (exact) mass is 523 g/mol. The maximum absolute atomic E-state index is 13.4. The molecule has 2 heterocycles. The summed E-state index contributed by atoms with van der Waals surface area (Å²) in [7, 11) is 0. The predicted octanol–water partition coefficient (Wildman–Crippen LogP) is 4.99. The number of benzene rings is 3. The second kappa shape index (κ2) is 10.4. The van der Waals surface area contributed by atoms with Gasteiger partial charge in [0, 0.05) is 18.8 Å². The highest BCUT2D eigenvalue weighted by molar-refractivity contribution is 5.79. The Balaban J connectivity index is 1.12. The number of nitrogens with zero attached hydrogens (tertiary/aromatic N) is 2. The molecule has 2 amide bonds. The van der Waals surface area contributed by atoms with Crippen LogP contribution < -0.4 is 5.32 Å². The second-order valence-corrected chi connectivity index (χ2v) is 10.3. The lowest BCUT2D eigenvalue weighted by Crippen LogP contribution is -2.67. The third kappa shape index (κ3) is 4.82. The fourth-order valence-electron chi connectivity index (χ4n) is 6.14. The number of morpholine rings is 1. The zero-order valence-corrected chi connectivity index (χ0v) is 21.4. The van der Waals surface area contributed by atoms with E-state index in [1.54, 1.807) is 4.90 Å². The molecule has 8 heteroatoms. The van der Waals surface area contributed by atoms with Crippen LogP contribution in [0.25, 0.3) is 11.1 Å². The normalized spacial score (nSPS) is 23.2. The lowest BCUT2D eigenvalue weighted by molar-refractivity contribution is -0.0804. The Kier molecular flexibility index (Phi) is 6.67. The van der Waals surface area contributed by atoms with Gasteiger partial charge in [0.1, 0.15) is 18.8 Å². The molecule has 8 nitrogen and oxygen atoms in total. The van der Waals surface area contributed by atoms with Gasteiger partial charge in [0.25, 0.3) is 0 Å². The molecular formula is C31H29N3O5. The van der Waals surface area contributed by atoms with Crippen LogP contribution in [0.2, 0.25) is 0 Å². The highest BCUT2D eigenvalue weighted by Crippen LogP contribution is 2.45. The van der Waals surface area contributed by atoms with Crippen LogP contribution in [0.5, 0.6) is 0 Å². The number of carbonyl (C=O) groups is 2. The van der Waals surface area contributed by atoms with Crippen LogP contribution in [0.1, 0.15) is 35.4 Å². The number of amides is 2. The number of nitriles is 1. The molecule has 2 fully saturated rings. The number of piperidine rings is 1. The molecule has 39 heavy (non-hydrogen) atoms. The lowest BCUT2D eigenvalue weighted by Gasteiger charge is -2.50. The molecule has 198 valence electrons. The van der Waals surface area contributed by atoms with Gasteiger partial charge in [-0.1, -0.05) is 78.9 Å². The number of carbonyl (C=O) groups excluding carboxylic acids is 2. The topological polar surface area (TPSA) is 101 Å². The zero-order valence-electron chi connectivity index (χ0n) is 21.4. The Morgan fingerprint density at radius 2 is 1.49 bits per heavy atom. The Morgan fingerprint density at radius 1 is 0.897 bits per heavy atom. The molecule has 1 aliphatic carbocycles. The minimum absolute atomic E-state index is 0.0403. The van der Waals surface area contributed by atoms with E-state index < -0.39 is 29.8 Å². The van der Waals surface area contributed by atoms with Crippen LogP contribution >= 0.6 is 0 Å². The van der Waals surface area contributed by atoms with Crippen LogP contribution in [-0.4, -0.2) is 54.5 Å². The van der Waals surface area contributed by atoms with Crippen molar-refractivity contribution in [3.63, 3.8) is 0 Å². The molecule has 2 aliphatic heterocycles. The van der Waals surface area contributed by atoms with E-state index in [1.807, 2.05) is 54.6 Å². The van der Waals surface area contributed by atoms with E-state index in [9.17, 15) is 14.9 Å². The van der Waals surface area contributed by atoms with E-state index >= 15 is 0 Å². The van der Waals surface area contributed by atoms with Crippen LogP contribution in [0.15, 0.2) is 78.9 Å². The zero-order chi connectivity index (χ0) is 26.8. The smallest absolute Gasteiger partial charge is 0.410 e. The first-order valence-corrected chi connectivity index (χ1v) is 13.2. The molecule has 1 N–H and O–H groups in total. The Hall–Kier alpha value is -4.35. The van der Waals surface area contributed by atoms with E-state index in [0.717, 1.165) is 16.7 Å². The fourth-order valence-corrected chi connectivity index (χ4v) is 6.14. The van der Waals surface area contributed by atoms with E-state index in [4.69, 9.17) is 14.2 Å². The maximum Gasteiger partial charge on any atom is 0.410 e. The lowest BCUT2D eigenvalue weighted by atomic mass is 9.79. The summed E-state index contributed by atoms with van der Waals surface area (Å²) in [6.07, 6.45) is -0.628. The third-order valence-corrected chi connectivity index (χ3v) is 7.89. The molecule has 0 aromatic heterocycles. The summed E-state index contributed by atoms with van der Waals surface area (Å²) in [6.45, 7) is 0.864. The fraction of sp³-hybridized carbons (Fsp3) is 0.323. The molecular weight excluding hydrogens is 494 g/mol. The Bertz CT molecular complexity index is 1360. The molecule has 3 aliphatic rings. The van der Waals surface area contributed by atoms with Gasteiger partial charge >= 0.3 is 12.2 Å². The number of hydrogen-bond acceptors (Lipinski definition) is 6. The molecule has 0 radical (unpaired) electrons. The average molecular weight is 524 g/mol. The van der Waals surface area contributed by atoms with Gasteiger partial charge in [-0.05, 0) is 27.8 Å². The molecule has 3 aromatic rings. The van der Waals surface area contributed by atoms with Gasteiger partial charge in [-0.2, -0.15) is 5.26 Å². The van der Waals surface area contributed by atoms with Crippen molar-refractivity contribution in [1.82, 2.24) is 10.2 Å². The van der Waals surface area contributed by atoms with Crippen LogP contribution in [0.4, 0.5) is 9.59 Å². The summed E-state index contributed by atoms with van der Waals surface area (Å²) in [5, 5.41) is 12.9. The van der Waals surface area contributed by atoms with Gasteiger partial charge in [-0.25, -0.2) is 9.59 Å². The number of rotatable bonds is 5. The molecule has 2 unspecified atom stereocenters. The number of fused-ring (bicyclic) bond motifs is 5. The molecule has 2 saturated heterocycles. The standard InChI is InChI=1S/C31H29N3O5/c32-20-31(33-29(35)38-16-21-8-2-1-3-9-21)14-22-17-37-18-23(15-31)34(22)30(36)39-19-28-26-12-6-4-10-24(26)25-11-5-7-13-27(25)28/h1-13,22-23,28H,14-19H2,(H,33,35). The van der Waals surface area contributed by atoms with Crippen molar-refractivity contribution in [3.8, 4) is 17.2 Å². The Labute approximate surface area is 227 Å². The van der Waals surface area contributed by atoms with Gasteiger partial charge in [0.2, 0.25) is 0 Å². The van der Waals surface area contributed by atoms with Crippen molar-refractivity contribution in [2.24, 2.45) is 0 Å². The number of ether oxygens (including phenoxy) is 3. The number of hydrogen-bond donors (Lipinski definition) is 1. The van der Waals surface area contributed by atoms with E-state index in [1.165, 1.54) is 11.1 Å². The maximum atomic E-state index is 13.4. The third-order valence-electron chi connectivity index (χ3n) is 7.89. The van der Waals surface area contributed by atoms with Gasteiger partial charge in [-0.3, -0.25) is 4.90 Å². The predicted molar refractivity (Wildman–Crippen MR) is 143 cm³/mol. The van der Waals surface area contributed by atoms with Crippen molar-refractivity contribution in [2.75, 3.05) is 19.8 Å². The van der Waals surface area contributed by atoms with Gasteiger partial charge in [-0.15, -0.1) is 0 Å². The largest absolute Gasteiger partial charge is 0.448 e. The second-order valence-electron chi connectivity index (χ2n) is 10.3. The molecule has 3 aromatic carbocycles. The Morgan fingerprint density at radius 3 is 2.10 bits per heavy atom. The highest BCUT2D eigenvalue weighted by Gasteiger charge is 2.51. The van der Waals surface area contributed by atoms with Crippen LogP contribution in [0.3, 0.4) is 0 Å². The first-order valence-electron chi connectivity index (χ1n) is 13.2. The number of alkyl carbamates (subject to hydrolysis) is 1. The summed E-state index contributed by atoms with van der Waals surface area (Å²) < 4.78 is 17.0. The van der Waals surface area contributed by atoms with Gasteiger partial charge in [0.15, 0.2) is 0 Å². The molecule has 6 rings (SSSR count). The van der Waals surface area contributed by atoms with E-state index in [-0.39, 0.29) is 45.2 Å². The minimum Gasteiger partial charge on any atom is -0.448 e. The summed E-state index contributed by atoms with van der Waals surface area (Å²) in [4.78, 5) is 27.7. The van der Waals surface area contributed by atoms with Gasteiger partial charge in [0.05, 0.1) is 31.4 Å². The quantitative estimate of drug-likeness (QED) is 0.506. The molecule has 0 spiro atoms. The first-order chi connectivity index (χ1) is 19.1. The number of nitrogens with one attached hydrogen (secondary N) is 1. The van der Waals surface area contributed by atoms with Crippen molar-refractivity contribution < 1.29 is 23.8 Å². The van der Waals surface area contributed by atoms with Crippen molar-refractivity contribution in [2.45, 2.75) is 43.0 Å². The summed E-state index contributed by atoms with van der Waals surface area (Å²) >= 11 is 0. The van der Waals surface area contributed by atoms with Crippen molar-refractivity contribution in [1.29, 1.82) is 5.26 Å². The van der Waals surface area contributed by atoms with Crippen molar-refractivity contribution in [3.05, 3.63) is 95.6 Å². The summed E-state index contributed by atoms with van der Waals surface area (Å²) in [5.41, 5.74) is 4.33. The SMILES string of the molecule is N#CC1(NC(=O)OCc2ccccc2)CC2COCC(C1)N2C(=O)OCC1c2ccccc2-c2ccccc21. The first kappa shape index (κ1) is 25.0. The molecule has 2 atom stereocenters. The molecule has 0 saturated carbocycles. The molecule has 2 bridgehead atoms. The van der Waals surface area contributed by atoms with Crippen LogP contribution in [0, 0.1) is 11.3 Å². The van der Waals surface area contributed by atoms with Crippen LogP contribution in [-0.2, 0) is 20.8 Å². The minimum atomic E-state index is -1.16. The summed E-state index contributed by atoms with van der Waals surface area (Å²) in [5.74, 6) is -0.0403.